The average Bonchev–Trinajstić information content (AvgIpc) is 2.97. The molecule has 2 N–H and O–H groups in total. The lowest BCUT2D eigenvalue weighted by atomic mass is 10.1. The highest BCUT2D eigenvalue weighted by atomic mass is 15.1. The molecule has 1 aliphatic rings. The van der Waals surface area contributed by atoms with E-state index in [2.05, 4.69) is 68.9 Å². The first-order chi connectivity index (χ1) is 11.9. The molecule has 0 aliphatic carbocycles. The molecule has 4 nitrogen and oxygen atoms in total. The molecule has 1 fully saturated rings. The fourth-order valence-electron chi connectivity index (χ4n) is 3.57. The second-order valence-corrected chi connectivity index (χ2v) is 6.71. The second kappa shape index (κ2) is 7.05. The van der Waals surface area contributed by atoms with Crippen LogP contribution in [0.2, 0.25) is 0 Å². The van der Waals surface area contributed by atoms with Crippen molar-refractivity contribution in [1.82, 2.24) is 15.1 Å². The molecule has 0 amide bonds. The van der Waals surface area contributed by atoms with E-state index in [1.54, 1.807) is 0 Å². The third-order valence-corrected chi connectivity index (χ3v) is 4.88. The molecule has 1 unspecified atom stereocenters. The summed E-state index contributed by atoms with van der Waals surface area (Å²) < 4.78 is 0. The highest BCUT2D eigenvalue weighted by molar-refractivity contribution is 5.81. The molecule has 1 atom stereocenters. The van der Waals surface area contributed by atoms with Gasteiger partial charge in [0, 0.05) is 30.2 Å². The summed E-state index contributed by atoms with van der Waals surface area (Å²) in [6, 6.07) is 17.8. The summed E-state index contributed by atoms with van der Waals surface area (Å²) >= 11 is 0. The van der Waals surface area contributed by atoms with Crippen molar-refractivity contribution in [3.8, 4) is 0 Å². The first-order valence-corrected chi connectivity index (χ1v) is 8.83. The Morgan fingerprint density at radius 1 is 1.08 bits per heavy atom. The van der Waals surface area contributed by atoms with E-state index < -0.39 is 0 Å². The Morgan fingerprint density at radius 3 is 2.92 bits per heavy atom. The zero-order chi connectivity index (χ0) is 16.2. The Balaban J connectivity index is 1.36. The van der Waals surface area contributed by atoms with Crippen LogP contribution in [0.5, 0.6) is 0 Å². The molecule has 124 valence electrons. The van der Waals surface area contributed by atoms with Gasteiger partial charge in [-0.25, -0.2) is 0 Å². The number of H-pyrrole nitrogens is 1. The van der Waals surface area contributed by atoms with Crippen molar-refractivity contribution in [2.75, 3.05) is 18.4 Å². The number of nitrogens with zero attached hydrogens (tertiary/aromatic N) is 2. The standard InChI is InChI=1S/C20H24N4/c1-2-5-16(6-3-1)15-24-11-4-7-18(10-12-24)22-19-8-9-20-17(13-19)14-21-23-20/h1-3,5-6,8-9,13-14,18,22H,4,7,10-12,15H2,(H,21,23). The van der Waals surface area contributed by atoms with Gasteiger partial charge < -0.3 is 5.32 Å². The number of aromatic nitrogens is 2. The van der Waals surface area contributed by atoms with Gasteiger partial charge in [-0.2, -0.15) is 5.10 Å². The summed E-state index contributed by atoms with van der Waals surface area (Å²) in [5.74, 6) is 0. The van der Waals surface area contributed by atoms with E-state index in [9.17, 15) is 0 Å². The van der Waals surface area contributed by atoms with Crippen LogP contribution in [0.4, 0.5) is 5.69 Å². The summed E-state index contributed by atoms with van der Waals surface area (Å²) in [7, 11) is 0. The van der Waals surface area contributed by atoms with Crippen LogP contribution in [0.15, 0.2) is 54.7 Å². The number of aromatic amines is 1. The Kier molecular flexibility index (Phi) is 4.47. The Bertz CT molecular complexity index is 780. The minimum Gasteiger partial charge on any atom is -0.382 e. The van der Waals surface area contributed by atoms with Gasteiger partial charge in [-0.05, 0) is 49.6 Å². The van der Waals surface area contributed by atoms with Crippen LogP contribution >= 0.6 is 0 Å². The molecule has 0 bridgehead atoms. The number of fused-ring (bicyclic) bond motifs is 1. The Labute approximate surface area is 142 Å². The van der Waals surface area contributed by atoms with Crippen LogP contribution in [-0.2, 0) is 6.54 Å². The van der Waals surface area contributed by atoms with Gasteiger partial charge in [0.1, 0.15) is 0 Å². The van der Waals surface area contributed by atoms with Gasteiger partial charge in [-0.3, -0.25) is 10.00 Å². The van der Waals surface area contributed by atoms with Crippen molar-refractivity contribution in [2.24, 2.45) is 0 Å². The molecule has 4 rings (SSSR count). The maximum atomic E-state index is 4.09. The smallest absolute Gasteiger partial charge is 0.0651 e. The van der Waals surface area contributed by atoms with Gasteiger partial charge in [0.2, 0.25) is 0 Å². The van der Waals surface area contributed by atoms with E-state index in [0.717, 1.165) is 18.6 Å². The molecule has 1 aromatic heterocycles. The predicted octanol–water partition coefficient (Wildman–Crippen LogP) is 4.03. The summed E-state index contributed by atoms with van der Waals surface area (Å²) in [4.78, 5) is 2.58. The second-order valence-electron chi connectivity index (χ2n) is 6.71. The van der Waals surface area contributed by atoms with Gasteiger partial charge in [0.25, 0.3) is 0 Å². The van der Waals surface area contributed by atoms with Crippen molar-refractivity contribution in [3.05, 3.63) is 60.3 Å². The summed E-state index contributed by atoms with van der Waals surface area (Å²) in [6.45, 7) is 3.41. The lowest BCUT2D eigenvalue weighted by Crippen LogP contribution is -2.26. The lowest BCUT2D eigenvalue weighted by Gasteiger charge is -2.21. The minimum absolute atomic E-state index is 0.551. The highest BCUT2D eigenvalue weighted by Gasteiger charge is 2.17. The van der Waals surface area contributed by atoms with E-state index in [0.29, 0.717) is 6.04 Å². The van der Waals surface area contributed by atoms with Crippen LogP contribution < -0.4 is 5.32 Å². The average molecular weight is 320 g/mol. The number of likely N-dealkylation sites (tertiary alicyclic amines) is 1. The highest BCUT2D eigenvalue weighted by Crippen LogP contribution is 2.21. The topological polar surface area (TPSA) is 44.0 Å². The van der Waals surface area contributed by atoms with E-state index in [1.807, 2.05) is 6.20 Å². The minimum atomic E-state index is 0.551. The third kappa shape index (κ3) is 3.60. The fraction of sp³-hybridized carbons (Fsp3) is 0.350. The molecular formula is C20H24N4. The summed E-state index contributed by atoms with van der Waals surface area (Å²) in [6.07, 6.45) is 5.55. The zero-order valence-electron chi connectivity index (χ0n) is 13.9. The van der Waals surface area contributed by atoms with E-state index in [-0.39, 0.29) is 0 Å². The number of anilines is 1. The predicted molar refractivity (Wildman–Crippen MR) is 99.1 cm³/mol. The van der Waals surface area contributed by atoms with Crippen molar-refractivity contribution in [2.45, 2.75) is 31.8 Å². The van der Waals surface area contributed by atoms with E-state index in [1.165, 1.54) is 42.4 Å². The monoisotopic (exact) mass is 320 g/mol. The number of hydrogen-bond donors (Lipinski definition) is 2. The van der Waals surface area contributed by atoms with Crippen molar-refractivity contribution < 1.29 is 0 Å². The molecule has 1 saturated heterocycles. The van der Waals surface area contributed by atoms with Crippen LogP contribution in [0.25, 0.3) is 10.9 Å². The van der Waals surface area contributed by atoms with Gasteiger partial charge in [-0.15, -0.1) is 0 Å². The first kappa shape index (κ1) is 15.2. The van der Waals surface area contributed by atoms with Crippen molar-refractivity contribution >= 4 is 16.6 Å². The molecule has 24 heavy (non-hydrogen) atoms. The van der Waals surface area contributed by atoms with E-state index >= 15 is 0 Å². The molecule has 2 heterocycles. The van der Waals surface area contributed by atoms with Crippen LogP contribution in [0.3, 0.4) is 0 Å². The molecule has 4 heteroatoms. The number of hydrogen-bond acceptors (Lipinski definition) is 3. The molecular weight excluding hydrogens is 296 g/mol. The maximum Gasteiger partial charge on any atom is 0.0651 e. The molecule has 1 aliphatic heterocycles. The first-order valence-electron chi connectivity index (χ1n) is 8.83. The zero-order valence-corrected chi connectivity index (χ0v) is 13.9. The van der Waals surface area contributed by atoms with E-state index in [4.69, 9.17) is 0 Å². The Morgan fingerprint density at radius 2 is 2.00 bits per heavy atom. The maximum absolute atomic E-state index is 4.09. The fourth-order valence-corrected chi connectivity index (χ4v) is 3.57. The number of rotatable bonds is 4. The Hall–Kier alpha value is -2.33. The lowest BCUT2D eigenvalue weighted by molar-refractivity contribution is 0.276. The third-order valence-electron chi connectivity index (χ3n) is 4.88. The molecule has 3 aromatic rings. The van der Waals surface area contributed by atoms with Crippen molar-refractivity contribution in [3.63, 3.8) is 0 Å². The molecule has 2 aromatic carbocycles. The van der Waals surface area contributed by atoms with Crippen LogP contribution in [-0.4, -0.2) is 34.2 Å². The van der Waals surface area contributed by atoms with Gasteiger partial charge in [0.05, 0.1) is 11.7 Å². The number of nitrogens with one attached hydrogen (secondary N) is 2. The van der Waals surface area contributed by atoms with Crippen molar-refractivity contribution in [1.29, 1.82) is 0 Å². The van der Waals surface area contributed by atoms with Gasteiger partial charge in [0.15, 0.2) is 0 Å². The SMILES string of the molecule is c1ccc(CN2CCCC(Nc3ccc4[nH]ncc4c3)CC2)cc1. The van der Waals surface area contributed by atoms with Gasteiger partial charge >= 0.3 is 0 Å². The number of benzene rings is 2. The van der Waals surface area contributed by atoms with Crippen LogP contribution in [0.1, 0.15) is 24.8 Å². The molecule has 0 saturated carbocycles. The van der Waals surface area contributed by atoms with Gasteiger partial charge in [-0.1, -0.05) is 30.3 Å². The quantitative estimate of drug-likeness (QED) is 0.763. The molecule has 0 radical (unpaired) electrons. The largest absolute Gasteiger partial charge is 0.382 e. The molecule has 0 spiro atoms. The summed E-state index contributed by atoms with van der Waals surface area (Å²) in [5, 5.41) is 12.0. The summed E-state index contributed by atoms with van der Waals surface area (Å²) in [5.41, 5.74) is 3.70. The van der Waals surface area contributed by atoms with Crippen LogP contribution in [0, 0.1) is 0 Å². The normalized spacial score (nSPS) is 19.2.